The van der Waals surface area contributed by atoms with Crippen LogP contribution in [0.25, 0.3) is 0 Å². The molecule has 1 amide bonds. The number of pyridine rings is 1. The van der Waals surface area contributed by atoms with Gasteiger partial charge in [-0.25, -0.2) is 9.78 Å². The monoisotopic (exact) mass is 305 g/mol. The zero-order chi connectivity index (χ0) is 16.3. The average Bonchev–Trinajstić information content (AvgIpc) is 2.61. The highest BCUT2D eigenvalue weighted by atomic mass is 16.5. The molecule has 0 unspecified atom stereocenters. The molecule has 2 rings (SSSR count). The smallest absolute Gasteiger partial charge is 0.407 e. The summed E-state index contributed by atoms with van der Waals surface area (Å²) in [6.07, 6.45) is -0.000856. The van der Waals surface area contributed by atoms with E-state index >= 15 is 0 Å². The Kier molecular flexibility index (Phi) is 6.19. The van der Waals surface area contributed by atoms with Crippen molar-refractivity contribution in [2.45, 2.75) is 13.0 Å². The molecule has 0 bridgehead atoms. The molecule has 0 saturated carbocycles. The topological polar surface area (TPSA) is 75.0 Å². The predicted molar refractivity (Wildman–Crippen MR) is 85.1 cm³/mol. The number of hydrogen-bond donors (Lipinski definition) is 1. The lowest BCUT2D eigenvalue weighted by molar-refractivity contribution is 0.140. The van der Waals surface area contributed by atoms with Crippen LogP contribution >= 0.6 is 0 Å². The van der Waals surface area contributed by atoms with Gasteiger partial charge >= 0.3 is 6.09 Å². The number of carbonyl (C=O) groups excluding carboxylic acids is 1. The second-order valence-corrected chi connectivity index (χ2v) is 4.56. The summed E-state index contributed by atoms with van der Waals surface area (Å²) in [5, 5.41) is 11.4. The predicted octanol–water partition coefficient (Wildman–Crippen LogP) is 2.62. The molecule has 5 nitrogen and oxygen atoms in total. The third-order valence-electron chi connectivity index (χ3n) is 2.81. The van der Waals surface area contributed by atoms with Crippen molar-refractivity contribution in [1.82, 2.24) is 10.3 Å². The van der Waals surface area contributed by atoms with Crippen LogP contribution in [0.1, 0.15) is 23.4 Å². The number of hydrogen-bond acceptors (Lipinski definition) is 4. The summed E-state index contributed by atoms with van der Waals surface area (Å²) in [5.74, 6) is 5.74. The fraction of sp³-hybridized carbons (Fsp3) is 0.167. The highest BCUT2D eigenvalue weighted by Crippen LogP contribution is 2.00. The molecule has 0 spiro atoms. The summed E-state index contributed by atoms with van der Waals surface area (Å²) in [4.78, 5) is 15.5. The largest absolute Gasteiger partial charge is 0.445 e. The average molecular weight is 305 g/mol. The fourth-order valence-corrected chi connectivity index (χ4v) is 1.72. The molecule has 1 aromatic heterocycles. The van der Waals surface area contributed by atoms with E-state index in [1.165, 1.54) is 0 Å². The molecule has 0 atom stereocenters. The quantitative estimate of drug-likeness (QED) is 0.696. The summed E-state index contributed by atoms with van der Waals surface area (Å²) < 4.78 is 5.08. The van der Waals surface area contributed by atoms with Gasteiger partial charge in [0.15, 0.2) is 0 Å². The summed E-state index contributed by atoms with van der Waals surface area (Å²) in [7, 11) is 0. The SMILES string of the molecule is N#Cc1cccc(C#CCCNC(=O)OCc2ccccc2)n1. The van der Waals surface area contributed by atoms with Gasteiger partial charge in [0.25, 0.3) is 0 Å². The third-order valence-corrected chi connectivity index (χ3v) is 2.81. The molecule has 1 aromatic carbocycles. The lowest BCUT2D eigenvalue weighted by atomic mass is 10.2. The van der Waals surface area contributed by atoms with Crippen LogP contribution in [0.3, 0.4) is 0 Å². The summed E-state index contributed by atoms with van der Waals surface area (Å²) in [6, 6.07) is 16.5. The molecule has 1 heterocycles. The van der Waals surface area contributed by atoms with Crippen molar-refractivity contribution in [3.8, 4) is 17.9 Å². The number of nitrogens with one attached hydrogen (secondary N) is 1. The summed E-state index contributed by atoms with van der Waals surface area (Å²) in [5.41, 5.74) is 1.81. The number of alkyl carbamates (subject to hydrolysis) is 1. The zero-order valence-electron chi connectivity index (χ0n) is 12.5. The molecular formula is C18H15N3O2. The summed E-state index contributed by atoms with van der Waals surface area (Å²) >= 11 is 0. The van der Waals surface area contributed by atoms with Crippen LogP contribution in [0.2, 0.25) is 0 Å². The minimum atomic E-state index is -0.472. The van der Waals surface area contributed by atoms with E-state index in [0.29, 0.717) is 24.4 Å². The normalized spacial score (nSPS) is 9.17. The maximum absolute atomic E-state index is 11.5. The van der Waals surface area contributed by atoms with Crippen molar-refractivity contribution in [2.75, 3.05) is 6.54 Å². The molecule has 23 heavy (non-hydrogen) atoms. The molecule has 5 heteroatoms. The van der Waals surface area contributed by atoms with Crippen LogP contribution < -0.4 is 5.32 Å². The van der Waals surface area contributed by atoms with E-state index in [1.54, 1.807) is 18.2 Å². The van der Waals surface area contributed by atoms with Crippen molar-refractivity contribution in [1.29, 1.82) is 5.26 Å². The van der Waals surface area contributed by atoms with Crippen LogP contribution in [-0.2, 0) is 11.3 Å². The molecule has 2 aromatic rings. The maximum atomic E-state index is 11.5. The van der Waals surface area contributed by atoms with Gasteiger partial charge in [0.2, 0.25) is 0 Å². The molecule has 0 aliphatic rings. The van der Waals surface area contributed by atoms with Crippen LogP contribution in [-0.4, -0.2) is 17.6 Å². The van der Waals surface area contributed by atoms with Crippen LogP contribution in [0.15, 0.2) is 48.5 Å². The molecule has 0 aliphatic heterocycles. The van der Waals surface area contributed by atoms with E-state index in [-0.39, 0.29) is 6.61 Å². The molecular weight excluding hydrogens is 290 g/mol. The van der Waals surface area contributed by atoms with Gasteiger partial charge in [-0.1, -0.05) is 42.3 Å². The molecule has 0 fully saturated rings. The highest BCUT2D eigenvalue weighted by molar-refractivity contribution is 5.67. The van der Waals surface area contributed by atoms with Gasteiger partial charge in [0, 0.05) is 13.0 Å². The Morgan fingerprint density at radius 1 is 1.13 bits per heavy atom. The first-order valence-electron chi connectivity index (χ1n) is 7.08. The fourth-order valence-electron chi connectivity index (χ4n) is 1.72. The number of rotatable bonds is 4. The van der Waals surface area contributed by atoms with Crippen LogP contribution in [0.4, 0.5) is 4.79 Å². The Hall–Kier alpha value is -3.31. The number of nitrogens with zero attached hydrogens (tertiary/aromatic N) is 2. The van der Waals surface area contributed by atoms with Gasteiger partial charge in [0.1, 0.15) is 24.1 Å². The van der Waals surface area contributed by atoms with Gasteiger partial charge in [-0.2, -0.15) is 5.26 Å². The number of benzene rings is 1. The minimum absolute atomic E-state index is 0.239. The van der Waals surface area contributed by atoms with Crippen molar-refractivity contribution in [2.24, 2.45) is 0 Å². The van der Waals surface area contributed by atoms with E-state index in [4.69, 9.17) is 10.00 Å². The number of amides is 1. The first-order valence-corrected chi connectivity index (χ1v) is 7.08. The Bertz CT molecular complexity index is 755. The lowest BCUT2D eigenvalue weighted by Gasteiger charge is -2.05. The Balaban J connectivity index is 1.68. The number of ether oxygens (including phenoxy) is 1. The second kappa shape index (κ2) is 8.86. The van der Waals surface area contributed by atoms with Crippen LogP contribution in [0.5, 0.6) is 0 Å². The minimum Gasteiger partial charge on any atom is -0.445 e. The summed E-state index contributed by atoms with van der Waals surface area (Å²) in [6.45, 7) is 0.627. The Labute approximate surface area is 134 Å². The van der Waals surface area contributed by atoms with Crippen molar-refractivity contribution >= 4 is 6.09 Å². The zero-order valence-corrected chi connectivity index (χ0v) is 12.5. The number of nitriles is 1. The van der Waals surface area contributed by atoms with Crippen molar-refractivity contribution < 1.29 is 9.53 Å². The number of carbonyl (C=O) groups is 1. The molecule has 0 radical (unpaired) electrons. The van der Waals surface area contributed by atoms with E-state index in [9.17, 15) is 4.79 Å². The van der Waals surface area contributed by atoms with Gasteiger partial charge in [-0.15, -0.1) is 0 Å². The first kappa shape index (κ1) is 16.1. The lowest BCUT2D eigenvalue weighted by Crippen LogP contribution is -2.24. The van der Waals surface area contributed by atoms with E-state index in [2.05, 4.69) is 22.1 Å². The number of aromatic nitrogens is 1. The van der Waals surface area contributed by atoms with Gasteiger partial charge in [-0.3, -0.25) is 0 Å². The first-order chi connectivity index (χ1) is 11.3. The molecule has 1 N–H and O–H groups in total. The van der Waals surface area contributed by atoms with Gasteiger partial charge in [0.05, 0.1) is 0 Å². The van der Waals surface area contributed by atoms with E-state index < -0.39 is 6.09 Å². The van der Waals surface area contributed by atoms with E-state index in [1.807, 2.05) is 36.4 Å². The maximum Gasteiger partial charge on any atom is 0.407 e. The molecule has 0 saturated heterocycles. The van der Waals surface area contributed by atoms with Gasteiger partial charge < -0.3 is 10.1 Å². The Morgan fingerprint density at radius 2 is 1.91 bits per heavy atom. The van der Waals surface area contributed by atoms with Gasteiger partial charge in [-0.05, 0) is 23.6 Å². The standard InChI is InChI=1S/C18H15N3O2/c19-13-17-11-6-10-16(21-17)9-4-5-12-20-18(22)23-14-15-7-2-1-3-8-15/h1-3,6-8,10-11H,5,12,14H2,(H,20,22). The van der Waals surface area contributed by atoms with Crippen molar-refractivity contribution in [3.63, 3.8) is 0 Å². The third kappa shape index (κ3) is 5.91. The van der Waals surface area contributed by atoms with E-state index in [0.717, 1.165) is 5.56 Å². The Morgan fingerprint density at radius 3 is 2.70 bits per heavy atom. The van der Waals surface area contributed by atoms with Crippen molar-refractivity contribution in [3.05, 3.63) is 65.5 Å². The molecule has 0 aliphatic carbocycles. The molecule has 114 valence electrons. The second-order valence-electron chi connectivity index (χ2n) is 4.56. The van der Waals surface area contributed by atoms with Crippen LogP contribution in [0, 0.1) is 23.2 Å². The highest BCUT2D eigenvalue weighted by Gasteiger charge is 2.00.